The molecule has 1 unspecified atom stereocenters. The monoisotopic (exact) mass is 902 g/mol. The Morgan fingerprint density at radius 2 is 0.634 bits per heavy atom. The van der Waals surface area contributed by atoms with Crippen molar-refractivity contribution in [3.05, 3.63) is 246 Å². The molecule has 0 bridgehead atoms. The lowest BCUT2D eigenvalue weighted by molar-refractivity contribution is 0.660. The van der Waals surface area contributed by atoms with Crippen molar-refractivity contribution in [1.82, 2.24) is 0 Å². The first-order valence-corrected chi connectivity index (χ1v) is 25.2. The zero-order chi connectivity index (χ0) is 48.3. The van der Waals surface area contributed by atoms with Crippen molar-refractivity contribution in [2.24, 2.45) is 0 Å². The molecule has 2 nitrogen and oxygen atoms in total. The van der Waals surface area contributed by atoms with E-state index in [2.05, 4.69) is 275 Å². The number of para-hydroxylation sites is 2. The van der Waals surface area contributed by atoms with Gasteiger partial charge in [-0.25, -0.2) is 0 Å². The van der Waals surface area contributed by atoms with Gasteiger partial charge in [-0.3, -0.25) is 0 Å². The zero-order valence-corrected chi connectivity index (χ0v) is 41.6. The second-order valence-corrected chi connectivity index (χ2v) is 20.6. The van der Waals surface area contributed by atoms with Gasteiger partial charge in [0.1, 0.15) is 39.2 Å². The minimum Gasteiger partial charge on any atom is -0.310 e. The van der Waals surface area contributed by atoms with Crippen molar-refractivity contribution < 1.29 is 0 Å². The summed E-state index contributed by atoms with van der Waals surface area (Å²) in [5, 5.41) is 0. The molecular weight excluding hydrogens is 851 g/mol. The van der Waals surface area contributed by atoms with Gasteiger partial charge in [0.05, 0.1) is 5.41 Å². The maximum Gasteiger partial charge on any atom is 0.139 e. The van der Waals surface area contributed by atoms with Gasteiger partial charge in [0.15, 0.2) is 0 Å². The molecule has 3 aliphatic rings. The van der Waals surface area contributed by atoms with Crippen LogP contribution in [0.2, 0.25) is 0 Å². The van der Waals surface area contributed by atoms with Crippen LogP contribution in [-0.2, 0) is 10.8 Å². The molecule has 1 spiro atoms. The normalized spacial score (nSPS) is 15.1. The molecule has 71 heavy (non-hydrogen) atoms. The van der Waals surface area contributed by atoms with Gasteiger partial charge in [-0.15, -0.1) is 16.4 Å². The second-order valence-electron chi connectivity index (χ2n) is 20.6. The Balaban J connectivity index is 1.07. The van der Waals surface area contributed by atoms with E-state index in [1.54, 1.807) is 0 Å². The standard InChI is InChI=1S/C64H51B5N2/c1-63(2)51-25-12-9-22-45(51)48-31-28-42(35-54(48)63)71(41-21-15-16-38(34-41)57-58(65)60(67)62(69)61(68)59(57)66)44-30-33-50-47-24-11-14-27-53(47)64(56(50)37-44)52-26-13-10-23-46(52)49-32-29-43(36-55(49)64)70(39-17-5-3-6-18-39)40-19-7-4-8-20-40/h3-37H,65-69H2,1-2H3. The van der Waals surface area contributed by atoms with Crippen molar-refractivity contribution >= 4 is 101 Å². The summed E-state index contributed by atoms with van der Waals surface area (Å²) >= 11 is 0. The highest BCUT2D eigenvalue weighted by Crippen LogP contribution is 2.64. The fourth-order valence-electron chi connectivity index (χ4n) is 13.0. The first kappa shape index (κ1) is 43.2. The van der Waals surface area contributed by atoms with Gasteiger partial charge in [-0.05, 0) is 151 Å². The predicted octanol–water partition coefficient (Wildman–Crippen LogP) is 8.24. The largest absolute Gasteiger partial charge is 0.310 e. The second kappa shape index (κ2) is 16.1. The van der Waals surface area contributed by atoms with Crippen LogP contribution in [0.1, 0.15) is 47.2 Å². The highest BCUT2D eigenvalue weighted by atomic mass is 15.1. The minimum absolute atomic E-state index is 0.160. The predicted molar refractivity (Wildman–Crippen MR) is 316 cm³/mol. The van der Waals surface area contributed by atoms with Crippen LogP contribution in [0, 0.1) is 0 Å². The van der Waals surface area contributed by atoms with Gasteiger partial charge in [0.2, 0.25) is 0 Å². The molecule has 13 rings (SSSR count). The molecular formula is C64H51B5N2. The molecule has 0 fully saturated rings. The lowest BCUT2D eigenvalue weighted by atomic mass is 9.59. The first-order valence-electron chi connectivity index (χ1n) is 25.2. The fourth-order valence-corrected chi connectivity index (χ4v) is 13.0. The molecule has 0 saturated heterocycles. The van der Waals surface area contributed by atoms with Gasteiger partial charge >= 0.3 is 0 Å². The van der Waals surface area contributed by atoms with E-state index < -0.39 is 5.41 Å². The topological polar surface area (TPSA) is 6.48 Å². The number of anilines is 6. The third-order valence-electron chi connectivity index (χ3n) is 16.8. The van der Waals surface area contributed by atoms with Crippen molar-refractivity contribution in [2.45, 2.75) is 24.7 Å². The maximum absolute atomic E-state index is 2.54. The van der Waals surface area contributed by atoms with E-state index in [0.717, 1.165) is 34.1 Å². The third kappa shape index (κ3) is 6.21. The van der Waals surface area contributed by atoms with Crippen molar-refractivity contribution in [3.8, 4) is 44.5 Å². The maximum atomic E-state index is 2.54. The SMILES string of the molecule is Bc1c(B)c(B)c(-c2cccc(N(c3ccc4c(c3)C(C)(C)c3ccccc3-4)c3ccc4c(c3)C3(c5ccccc5-c5ccc(N(c6ccccc6)c6ccccc6)cc53)c3ccccc3-4)c2)c(B)c1B. The molecule has 1 atom stereocenters. The highest BCUT2D eigenvalue weighted by molar-refractivity contribution is 6.68. The van der Waals surface area contributed by atoms with E-state index in [4.69, 9.17) is 0 Å². The molecule has 0 heterocycles. The molecule has 3 aliphatic carbocycles. The summed E-state index contributed by atoms with van der Waals surface area (Å²) in [5.41, 5.74) is 31.2. The van der Waals surface area contributed by atoms with Gasteiger partial charge in [-0.1, -0.05) is 164 Å². The van der Waals surface area contributed by atoms with Crippen LogP contribution in [0.3, 0.4) is 0 Å². The summed E-state index contributed by atoms with van der Waals surface area (Å²) in [6.07, 6.45) is 0. The average molecular weight is 902 g/mol. The molecule has 7 heteroatoms. The first-order chi connectivity index (χ1) is 34.6. The van der Waals surface area contributed by atoms with Crippen LogP contribution < -0.4 is 37.1 Å². The van der Waals surface area contributed by atoms with Crippen LogP contribution in [-0.4, -0.2) is 39.2 Å². The molecule has 332 valence electrons. The molecule has 10 aromatic rings. The van der Waals surface area contributed by atoms with Crippen LogP contribution in [0.15, 0.2) is 212 Å². The summed E-state index contributed by atoms with van der Waals surface area (Å²) in [6.45, 7) is 4.77. The Kier molecular flexibility index (Phi) is 9.78. The molecule has 0 amide bonds. The van der Waals surface area contributed by atoms with Gasteiger partial charge < -0.3 is 9.80 Å². The lowest BCUT2D eigenvalue weighted by Crippen LogP contribution is -2.55. The van der Waals surface area contributed by atoms with Crippen LogP contribution in [0.25, 0.3) is 44.5 Å². The Morgan fingerprint density at radius 3 is 1.14 bits per heavy atom. The van der Waals surface area contributed by atoms with Gasteiger partial charge in [-0.2, -0.15) is 0 Å². The van der Waals surface area contributed by atoms with Crippen LogP contribution in [0.4, 0.5) is 34.1 Å². The van der Waals surface area contributed by atoms with Crippen molar-refractivity contribution in [1.29, 1.82) is 0 Å². The summed E-state index contributed by atoms with van der Waals surface area (Å²) in [6, 6.07) is 79.9. The lowest BCUT2D eigenvalue weighted by Gasteiger charge is -2.33. The van der Waals surface area contributed by atoms with E-state index in [1.165, 1.54) is 105 Å². The minimum atomic E-state index is -0.580. The molecule has 10 aromatic carbocycles. The van der Waals surface area contributed by atoms with Gasteiger partial charge in [0, 0.05) is 39.5 Å². The Bertz CT molecular complexity index is 3750. The zero-order valence-electron chi connectivity index (χ0n) is 41.6. The molecule has 0 N–H and O–H groups in total. The van der Waals surface area contributed by atoms with E-state index in [-0.39, 0.29) is 5.41 Å². The average Bonchev–Trinajstić information content (AvgIpc) is 3.97. The highest BCUT2D eigenvalue weighted by Gasteiger charge is 2.52. The smallest absolute Gasteiger partial charge is 0.139 e. The Hall–Kier alpha value is -7.88. The number of hydrogen-bond donors (Lipinski definition) is 0. The number of fused-ring (bicyclic) bond motifs is 13. The van der Waals surface area contributed by atoms with E-state index in [9.17, 15) is 0 Å². The van der Waals surface area contributed by atoms with Crippen LogP contribution in [0.5, 0.6) is 0 Å². The Labute approximate surface area is 423 Å². The molecule has 0 aliphatic heterocycles. The summed E-state index contributed by atoms with van der Waals surface area (Å²) < 4.78 is 0. The van der Waals surface area contributed by atoms with Crippen molar-refractivity contribution in [3.63, 3.8) is 0 Å². The van der Waals surface area contributed by atoms with E-state index in [0.29, 0.717) is 0 Å². The fraction of sp³-hybridized carbons (Fsp3) is 0.0625. The van der Waals surface area contributed by atoms with Crippen LogP contribution >= 0.6 is 0 Å². The summed E-state index contributed by atoms with van der Waals surface area (Å²) in [5.74, 6) is 0. The van der Waals surface area contributed by atoms with E-state index in [1.807, 2.05) is 0 Å². The number of benzene rings is 10. The number of rotatable bonds is 7. The summed E-state index contributed by atoms with van der Waals surface area (Å²) in [7, 11) is 11.4. The molecule has 0 aromatic heterocycles. The van der Waals surface area contributed by atoms with E-state index >= 15 is 0 Å². The summed E-state index contributed by atoms with van der Waals surface area (Å²) in [4.78, 5) is 4.93. The van der Waals surface area contributed by atoms with Crippen molar-refractivity contribution in [2.75, 3.05) is 9.80 Å². The quantitative estimate of drug-likeness (QED) is 0.149. The third-order valence-corrected chi connectivity index (χ3v) is 16.8. The number of hydrogen-bond acceptors (Lipinski definition) is 2. The molecule has 0 saturated carbocycles. The molecule has 0 radical (unpaired) electrons. The number of nitrogens with zero attached hydrogens (tertiary/aromatic N) is 2. The van der Waals surface area contributed by atoms with Gasteiger partial charge in [0.25, 0.3) is 0 Å². The Morgan fingerprint density at radius 1 is 0.282 bits per heavy atom.